The van der Waals surface area contributed by atoms with Crippen LogP contribution in [0.3, 0.4) is 0 Å². The molecule has 0 aliphatic carbocycles. The van der Waals surface area contributed by atoms with Gasteiger partial charge < -0.3 is 10.6 Å². The average Bonchev–Trinajstić information content (AvgIpc) is 2.56. The van der Waals surface area contributed by atoms with Crippen molar-refractivity contribution in [1.29, 1.82) is 5.26 Å². The standard InChI is InChI=1S/C19H19N3O2/c1-13(2)11-18(23)21-16-7-9-17(10-8-16)22-19(24)15-5-3-14(12-20)4-6-15/h3-10,13H,11H2,1-2H3,(H,21,23)(H,22,24). The molecular formula is C19H19N3O2. The van der Waals surface area contributed by atoms with Gasteiger partial charge in [0.25, 0.3) is 5.91 Å². The van der Waals surface area contributed by atoms with Crippen LogP contribution in [0.15, 0.2) is 48.5 Å². The van der Waals surface area contributed by atoms with Gasteiger partial charge in [0.15, 0.2) is 0 Å². The third kappa shape index (κ3) is 4.96. The van der Waals surface area contributed by atoms with Crippen LogP contribution in [0.2, 0.25) is 0 Å². The normalized spacial score (nSPS) is 10.1. The summed E-state index contributed by atoms with van der Waals surface area (Å²) in [6.07, 6.45) is 0.469. The van der Waals surface area contributed by atoms with Crippen molar-refractivity contribution in [1.82, 2.24) is 0 Å². The van der Waals surface area contributed by atoms with Crippen molar-refractivity contribution in [2.24, 2.45) is 5.92 Å². The maximum absolute atomic E-state index is 12.1. The SMILES string of the molecule is CC(C)CC(=O)Nc1ccc(NC(=O)c2ccc(C#N)cc2)cc1. The molecule has 0 heterocycles. The number of nitriles is 1. The number of hydrogen-bond donors (Lipinski definition) is 2. The molecule has 2 aromatic carbocycles. The zero-order valence-electron chi connectivity index (χ0n) is 13.7. The molecule has 0 aliphatic rings. The lowest BCUT2D eigenvalue weighted by Crippen LogP contribution is -2.14. The molecule has 2 aromatic rings. The van der Waals surface area contributed by atoms with E-state index in [9.17, 15) is 9.59 Å². The highest BCUT2D eigenvalue weighted by Crippen LogP contribution is 2.16. The first-order chi connectivity index (χ1) is 11.5. The molecule has 5 heteroatoms. The predicted molar refractivity (Wildman–Crippen MR) is 93.6 cm³/mol. The summed E-state index contributed by atoms with van der Waals surface area (Å²) >= 11 is 0. The number of nitrogens with one attached hydrogen (secondary N) is 2. The van der Waals surface area contributed by atoms with Gasteiger partial charge in [0.1, 0.15) is 0 Å². The minimum Gasteiger partial charge on any atom is -0.326 e. The van der Waals surface area contributed by atoms with Crippen molar-refractivity contribution in [2.75, 3.05) is 10.6 Å². The van der Waals surface area contributed by atoms with Crippen molar-refractivity contribution in [3.8, 4) is 6.07 Å². The topological polar surface area (TPSA) is 82.0 Å². The van der Waals surface area contributed by atoms with Crippen LogP contribution in [0.1, 0.15) is 36.2 Å². The first-order valence-electron chi connectivity index (χ1n) is 7.69. The molecule has 0 bridgehead atoms. The monoisotopic (exact) mass is 321 g/mol. The Hall–Kier alpha value is -3.13. The number of rotatable bonds is 5. The van der Waals surface area contributed by atoms with E-state index in [1.165, 1.54) is 0 Å². The Morgan fingerprint density at radius 1 is 0.958 bits per heavy atom. The third-order valence-corrected chi connectivity index (χ3v) is 3.30. The Kier molecular flexibility index (Phi) is 5.69. The highest BCUT2D eigenvalue weighted by Gasteiger charge is 2.07. The lowest BCUT2D eigenvalue weighted by Gasteiger charge is -2.09. The molecule has 0 aromatic heterocycles. The van der Waals surface area contributed by atoms with Gasteiger partial charge in [-0.1, -0.05) is 13.8 Å². The summed E-state index contributed by atoms with van der Waals surface area (Å²) in [5.74, 6) is 0.0198. The predicted octanol–water partition coefficient (Wildman–Crippen LogP) is 3.80. The summed E-state index contributed by atoms with van der Waals surface area (Å²) in [4.78, 5) is 23.9. The molecule has 2 rings (SSSR count). The van der Waals surface area contributed by atoms with Gasteiger partial charge in [0, 0.05) is 23.4 Å². The Labute approximate surface area is 141 Å². The first kappa shape index (κ1) is 17.2. The second-order valence-electron chi connectivity index (χ2n) is 5.87. The molecule has 2 amide bonds. The van der Waals surface area contributed by atoms with Crippen LogP contribution in [-0.2, 0) is 4.79 Å². The lowest BCUT2D eigenvalue weighted by molar-refractivity contribution is -0.116. The molecule has 0 fully saturated rings. The number of anilines is 2. The minimum absolute atomic E-state index is 0.0284. The Bertz CT molecular complexity index is 757. The zero-order valence-corrected chi connectivity index (χ0v) is 13.7. The summed E-state index contributed by atoms with van der Waals surface area (Å²) in [6.45, 7) is 3.97. The van der Waals surface area contributed by atoms with Crippen LogP contribution in [0.5, 0.6) is 0 Å². The molecule has 2 N–H and O–H groups in total. The summed E-state index contributed by atoms with van der Waals surface area (Å²) in [7, 11) is 0. The van der Waals surface area contributed by atoms with E-state index in [0.717, 1.165) is 0 Å². The number of amides is 2. The number of hydrogen-bond acceptors (Lipinski definition) is 3. The van der Waals surface area contributed by atoms with Crippen molar-refractivity contribution >= 4 is 23.2 Å². The highest BCUT2D eigenvalue weighted by atomic mass is 16.2. The van der Waals surface area contributed by atoms with Crippen molar-refractivity contribution in [3.63, 3.8) is 0 Å². The summed E-state index contributed by atoms with van der Waals surface area (Å²) in [6, 6.07) is 15.4. The maximum Gasteiger partial charge on any atom is 0.255 e. The minimum atomic E-state index is -0.254. The van der Waals surface area contributed by atoms with Crippen molar-refractivity contribution < 1.29 is 9.59 Å². The van der Waals surface area contributed by atoms with Gasteiger partial charge >= 0.3 is 0 Å². The molecule has 0 atom stereocenters. The fourth-order valence-electron chi connectivity index (χ4n) is 2.12. The fraction of sp³-hybridized carbons (Fsp3) is 0.211. The summed E-state index contributed by atoms with van der Waals surface area (Å²) < 4.78 is 0. The van der Waals surface area contributed by atoms with Crippen LogP contribution < -0.4 is 10.6 Å². The van der Waals surface area contributed by atoms with Crippen LogP contribution in [0.25, 0.3) is 0 Å². The molecule has 0 saturated heterocycles. The molecular weight excluding hydrogens is 302 g/mol. The zero-order chi connectivity index (χ0) is 17.5. The maximum atomic E-state index is 12.1. The molecule has 0 radical (unpaired) electrons. The Morgan fingerprint density at radius 2 is 1.50 bits per heavy atom. The number of benzene rings is 2. The Balaban J connectivity index is 1.96. The lowest BCUT2D eigenvalue weighted by atomic mass is 10.1. The number of nitrogens with zero attached hydrogens (tertiary/aromatic N) is 1. The van der Waals surface area contributed by atoms with Crippen LogP contribution in [0.4, 0.5) is 11.4 Å². The van der Waals surface area contributed by atoms with E-state index in [1.807, 2.05) is 19.9 Å². The van der Waals surface area contributed by atoms with Crippen LogP contribution in [-0.4, -0.2) is 11.8 Å². The quantitative estimate of drug-likeness (QED) is 0.879. The van der Waals surface area contributed by atoms with Crippen molar-refractivity contribution in [3.05, 3.63) is 59.7 Å². The summed E-state index contributed by atoms with van der Waals surface area (Å²) in [5.41, 5.74) is 2.31. The first-order valence-corrected chi connectivity index (χ1v) is 7.69. The van der Waals surface area contributed by atoms with Gasteiger partial charge in [-0.05, 0) is 54.4 Å². The van der Waals surface area contributed by atoms with E-state index in [2.05, 4.69) is 10.6 Å². The molecule has 0 aliphatic heterocycles. The van der Waals surface area contributed by atoms with Gasteiger partial charge in [-0.15, -0.1) is 0 Å². The van der Waals surface area contributed by atoms with Gasteiger partial charge in [0.2, 0.25) is 5.91 Å². The molecule has 0 spiro atoms. The van der Waals surface area contributed by atoms with E-state index >= 15 is 0 Å². The number of carbonyl (C=O) groups is 2. The molecule has 24 heavy (non-hydrogen) atoms. The van der Waals surface area contributed by atoms with E-state index in [0.29, 0.717) is 34.8 Å². The molecule has 5 nitrogen and oxygen atoms in total. The second-order valence-corrected chi connectivity index (χ2v) is 5.87. The average molecular weight is 321 g/mol. The van der Waals surface area contributed by atoms with E-state index in [1.54, 1.807) is 48.5 Å². The molecule has 0 saturated carbocycles. The third-order valence-electron chi connectivity index (χ3n) is 3.30. The smallest absolute Gasteiger partial charge is 0.255 e. The van der Waals surface area contributed by atoms with Crippen LogP contribution >= 0.6 is 0 Å². The van der Waals surface area contributed by atoms with Gasteiger partial charge in [-0.25, -0.2) is 0 Å². The van der Waals surface area contributed by atoms with E-state index in [4.69, 9.17) is 5.26 Å². The highest BCUT2D eigenvalue weighted by molar-refractivity contribution is 6.04. The van der Waals surface area contributed by atoms with Gasteiger partial charge in [-0.3, -0.25) is 9.59 Å². The van der Waals surface area contributed by atoms with Gasteiger partial charge in [0.05, 0.1) is 11.6 Å². The second kappa shape index (κ2) is 7.93. The molecule has 122 valence electrons. The van der Waals surface area contributed by atoms with E-state index < -0.39 is 0 Å². The van der Waals surface area contributed by atoms with E-state index in [-0.39, 0.29) is 11.8 Å². The van der Waals surface area contributed by atoms with Gasteiger partial charge in [-0.2, -0.15) is 5.26 Å². The van der Waals surface area contributed by atoms with Crippen LogP contribution in [0, 0.1) is 17.2 Å². The largest absolute Gasteiger partial charge is 0.326 e. The Morgan fingerprint density at radius 3 is 2.00 bits per heavy atom. The number of carbonyl (C=O) groups excluding carboxylic acids is 2. The summed E-state index contributed by atoms with van der Waals surface area (Å²) in [5, 5.41) is 14.3. The molecule has 0 unspecified atom stereocenters. The van der Waals surface area contributed by atoms with Crippen molar-refractivity contribution in [2.45, 2.75) is 20.3 Å². The fourth-order valence-corrected chi connectivity index (χ4v) is 2.12.